The van der Waals surface area contributed by atoms with Gasteiger partial charge in [-0.2, -0.15) is 0 Å². The lowest BCUT2D eigenvalue weighted by atomic mass is 10.1. The number of nitrogens with one attached hydrogen (secondary N) is 2. The number of ether oxygens (including phenoxy) is 1. The Kier molecular flexibility index (Phi) is 5.48. The first-order chi connectivity index (χ1) is 12.5. The Bertz CT molecular complexity index is 952. The van der Waals surface area contributed by atoms with Crippen LogP contribution in [-0.2, 0) is 22.6 Å². The standard InChI is InChI=1S/C19H19N3O3S/c1-12(23)21-19-22-16-7-6-13(9-17(16)26-19)10-18(24)20-11-14-4-3-5-15(8-14)25-2/h3-9H,10-11H2,1-2H3,(H,20,24)(H,21,22,23). The number of benzene rings is 2. The number of carbonyl (C=O) groups excluding carboxylic acids is 2. The van der Waals surface area contributed by atoms with Gasteiger partial charge in [-0.15, -0.1) is 0 Å². The van der Waals surface area contributed by atoms with E-state index in [1.54, 1.807) is 7.11 Å². The van der Waals surface area contributed by atoms with Crippen molar-refractivity contribution in [2.24, 2.45) is 0 Å². The van der Waals surface area contributed by atoms with Crippen LogP contribution < -0.4 is 15.4 Å². The Labute approximate surface area is 155 Å². The predicted molar refractivity (Wildman–Crippen MR) is 102 cm³/mol. The van der Waals surface area contributed by atoms with E-state index >= 15 is 0 Å². The zero-order valence-electron chi connectivity index (χ0n) is 14.5. The average Bonchev–Trinajstić information content (AvgIpc) is 3.00. The monoisotopic (exact) mass is 369 g/mol. The molecule has 1 aromatic heterocycles. The molecule has 0 unspecified atom stereocenters. The molecule has 0 saturated heterocycles. The fourth-order valence-electron chi connectivity index (χ4n) is 2.51. The van der Waals surface area contributed by atoms with Crippen LogP contribution in [0.25, 0.3) is 10.2 Å². The van der Waals surface area contributed by atoms with Crippen molar-refractivity contribution in [2.75, 3.05) is 12.4 Å². The number of amides is 2. The molecule has 6 nitrogen and oxygen atoms in total. The van der Waals surface area contributed by atoms with E-state index in [1.807, 2.05) is 42.5 Å². The van der Waals surface area contributed by atoms with Gasteiger partial charge in [-0.05, 0) is 35.4 Å². The second kappa shape index (κ2) is 7.97. The van der Waals surface area contributed by atoms with Crippen LogP contribution in [0.4, 0.5) is 5.13 Å². The van der Waals surface area contributed by atoms with Crippen LogP contribution in [0.1, 0.15) is 18.1 Å². The van der Waals surface area contributed by atoms with E-state index in [0.717, 1.165) is 27.1 Å². The maximum absolute atomic E-state index is 12.2. The molecule has 0 spiro atoms. The highest BCUT2D eigenvalue weighted by atomic mass is 32.1. The van der Waals surface area contributed by atoms with Gasteiger partial charge in [0.15, 0.2) is 5.13 Å². The Hall–Kier alpha value is -2.93. The van der Waals surface area contributed by atoms with Crippen molar-refractivity contribution in [1.29, 1.82) is 0 Å². The number of rotatable bonds is 6. The van der Waals surface area contributed by atoms with Gasteiger partial charge in [-0.3, -0.25) is 9.59 Å². The molecule has 0 fully saturated rings. The molecular formula is C19H19N3O3S. The first kappa shape index (κ1) is 17.9. The van der Waals surface area contributed by atoms with Crippen molar-refractivity contribution in [1.82, 2.24) is 10.3 Å². The zero-order valence-corrected chi connectivity index (χ0v) is 15.4. The molecule has 3 rings (SSSR count). The minimum atomic E-state index is -0.152. The number of thiazole rings is 1. The van der Waals surface area contributed by atoms with Crippen molar-refractivity contribution in [3.05, 3.63) is 53.6 Å². The SMILES string of the molecule is COc1cccc(CNC(=O)Cc2ccc3nc(NC(C)=O)sc3c2)c1. The van der Waals surface area contributed by atoms with Crippen molar-refractivity contribution >= 4 is 38.5 Å². The lowest BCUT2D eigenvalue weighted by Crippen LogP contribution is -2.24. The molecule has 3 aromatic rings. The van der Waals surface area contributed by atoms with E-state index in [4.69, 9.17) is 4.74 Å². The molecule has 26 heavy (non-hydrogen) atoms. The predicted octanol–water partition coefficient (Wildman–Crippen LogP) is 3.12. The summed E-state index contributed by atoms with van der Waals surface area (Å²) in [5, 5.41) is 6.16. The second-order valence-electron chi connectivity index (χ2n) is 5.81. The summed E-state index contributed by atoms with van der Waals surface area (Å²) in [5.41, 5.74) is 2.69. The maximum Gasteiger partial charge on any atom is 0.224 e. The molecule has 2 aromatic carbocycles. The normalized spacial score (nSPS) is 10.5. The molecule has 7 heteroatoms. The molecule has 0 saturated carbocycles. The number of methoxy groups -OCH3 is 1. The molecular weight excluding hydrogens is 350 g/mol. The van der Waals surface area contributed by atoms with Gasteiger partial charge < -0.3 is 15.4 Å². The highest BCUT2D eigenvalue weighted by molar-refractivity contribution is 7.22. The summed E-state index contributed by atoms with van der Waals surface area (Å²) in [5.74, 6) is 0.558. The third-order valence-corrected chi connectivity index (χ3v) is 4.66. The van der Waals surface area contributed by atoms with Gasteiger partial charge in [0.05, 0.1) is 23.7 Å². The Balaban J connectivity index is 1.62. The summed E-state index contributed by atoms with van der Waals surface area (Å²) in [4.78, 5) is 27.7. The summed E-state index contributed by atoms with van der Waals surface area (Å²) >= 11 is 1.39. The lowest BCUT2D eigenvalue weighted by molar-refractivity contribution is -0.120. The van der Waals surface area contributed by atoms with E-state index in [1.165, 1.54) is 18.3 Å². The molecule has 0 bridgehead atoms. The molecule has 2 amide bonds. The van der Waals surface area contributed by atoms with Gasteiger partial charge in [0, 0.05) is 13.5 Å². The molecule has 134 valence electrons. The third-order valence-electron chi connectivity index (χ3n) is 3.72. The van der Waals surface area contributed by atoms with E-state index in [9.17, 15) is 9.59 Å². The first-order valence-corrected chi connectivity index (χ1v) is 8.92. The third kappa shape index (κ3) is 4.58. The average molecular weight is 369 g/mol. The van der Waals surface area contributed by atoms with Crippen LogP contribution in [-0.4, -0.2) is 23.9 Å². The van der Waals surface area contributed by atoms with Crippen molar-refractivity contribution in [3.63, 3.8) is 0 Å². The number of fused-ring (bicyclic) bond motifs is 1. The molecule has 2 N–H and O–H groups in total. The largest absolute Gasteiger partial charge is 0.497 e. The Morgan fingerprint density at radius 3 is 2.77 bits per heavy atom. The van der Waals surface area contributed by atoms with Crippen LogP contribution in [0.3, 0.4) is 0 Å². The first-order valence-electron chi connectivity index (χ1n) is 8.10. The smallest absolute Gasteiger partial charge is 0.224 e. The second-order valence-corrected chi connectivity index (χ2v) is 6.84. The zero-order chi connectivity index (χ0) is 18.5. The summed E-state index contributed by atoms with van der Waals surface area (Å²) in [6.45, 7) is 1.90. The highest BCUT2D eigenvalue weighted by Crippen LogP contribution is 2.27. The van der Waals surface area contributed by atoms with Crippen LogP contribution >= 0.6 is 11.3 Å². The summed E-state index contributed by atoms with van der Waals surface area (Å²) in [7, 11) is 1.62. The highest BCUT2D eigenvalue weighted by Gasteiger charge is 2.09. The van der Waals surface area contributed by atoms with Crippen molar-refractivity contribution < 1.29 is 14.3 Å². The number of aromatic nitrogens is 1. The Morgan fingerprint density at radius 2 is 2.00 bits per heavy atom. The topological polar surface area (TPSA) is 80.3 Å². The van der Waals surface area contributed by atoms with E-state index < -0.39 is 0 Å². The molecule has 0 atom stereocenters. The van der Waals surface area contributed by atoms with Gasteiger partial charge in [-0.25, -0.2) is 4.98 Å². The Morgan fingerprint density at radius 1 is 1.15 bits per heavy atom. The maximum atomic E-state index is 12.2. The van der Waals surface area contributed by atoms with E-state index in [0.29, 0.717) is 11.7 Å². The molecule has 0 radical (unpaired) electrons. The summed E-state index contributed by atoms with van der Waals surface area (Å²) < 4.78 is 6.12. The minimum Gasteiger partial charge on any atom is -0.497 e. The van der Waals surface area contributed by atoms with E-state index in [2.05, 4.69) is 15.6 Å². The van der Waals surface area contributed by atoms with Crippen LogP contribution in [0.15, 0.2) is 42.5 Å². The number of anilines is 1. The van der Waals surface area contributed by atoms with Gasteiger partial charge in [0.2, 0.25) is 11.8 Å². The van der Waals surface area contributed by atoms with Gasteiger partial charge in [0.1, 0.15) is 5.75 Å². The van der Waals surface area contributed by atoms with Crippen molar-refractivity contribution in [3.8, 4) is 5.75 Å². The summed E-state index contributed by atoms with van der Waals surface area (Å²) in [6.07, 6.45) is 0.285. The molecule has 0 aliphatic carbocycles. The number of hydrogen-bond acceptors (Lipinski definition) is 5. The number of nitrogens with zero attached hydrogens (tertiary/aromatic N) is 1. The lowest BCUT2D eigenvalue weighted by Gasteiger charge is -2.07. The van der Waals surface area contributed by atoms with Gasteiger partial charge in [0.25, 0.3) is 0 Å². The van der Waals surface area contributed by atoms with Crippen LogP contribution in [0.5, 0.6) is 5.75 Å². The fourth-order valence-corrected chi connectivity index (χ4v) is 3.49. The minimum absolute atomic E-state index is 0.0567. The molecule has 0 aliphatic heterocycles. The van der Waals surface area contributed by atoms with Crippen LogP contribution in [0.2, 0.25) is 0 Å². The number of carbonyl (C=O) groups is 2. The van der Waals surface area contributed by atoms with Crippen molar-refractivity contribution in [2.45, 2.75) is 19.9 Å². The van der Waals surface area contributed by atoms with Gasteiger partial charge >= 0.3 is 0 Å². The summed E-state index contributed by atoms with van der Waals surface area (Å²) in [6, 6.07) is 13.3. The fraction of sp³-hybridized carbons (Fsp3) is 0.211. The van der Waals surface area contributed by atoms with Gasteiger partial charge in [-0.1, -0.05) is 29.5 Å². The van der Waals surface area contributed by atoms with Crippen LogP contribution in [0, 0.1) is 0 Å². The molecule has 0 aliphatic rings. The molecule has 1 heterocycles. The number of hydrogen-bond donors (Lipinski definition) is 2. The van der Waals surface area contributed by atoms with E-state index in [-0.39, 0.29) is 18.2 Å². The quantitative estimate of drug-likeness (QED) is 0.700.